The average Bonchev–Trinajstić information content (AvgIpc) is 2.97. The Morgan fingerprint density at radius 3 is 2.46 bits per heavy atom. The number of aromatic nitrogens is 1. The second-order valence-corrected chi connectivity index (χ2v) is 8.08. The van der Waals surface area contributed by atoms with Crippen LogP contribution in [0, 0.1) is 6.92 Å². The van der Waals surface area contributed by atoms with Crippen LogP contribution in [0.25, 0.3) is 10.9 Å². The molecule has 7 heteroatoms. The van der Waals surface area contributed by atoms with E-state index in [0.717, 1.165) is 11.1 Å². The molecule has 3 rings (SSSR count). The summed E-state index contributed by atoms with van der Waals surface area (Å²) in [6.45, 7) is 2.18. The van der Waals surface area contributed by atoms with E-state index in [1.54, 1.807) is 13.0 Å². The van der Waals surface area contributed by atoms with E-state index in [9.17, 15) is 13.2 Å². The largest absolute Gasteiger partial charge is 0.358 e. The number of aromatic amines is 1. The summed E-state index contributed by atoms with van der Waals surface area (Å²) in [7, 11) is -3.51. The molecule has 1 aromatic heterocycles. The highest BCUT2D eigenvalue weighted by Crippen LogP contribution is 2.27. The summed E-state index contributed by atoms with van der Waals surface area (Å²) >= 11 is 0. The third-order valence-electron chi connectivity index (χ3n) is 4.10. The summed E-state index contributed by atoms with van der Waals surface area (Å²) in [5, 5.41) is 5.99. The summed E-state index contributed by atoms with van der Waals surface area (Å²) < 4.78 is 25.4. The van der Waals surface area contributed by atoms with Crippen molar-refractivity contribution in [2.24, 2.45) is 0 Å². The summed E-state index contributed by atoms with van der Waals surface area (Å²) in [4.78, 5) is 15.2. The highest BCUT2D eigenvalue weighted by Gasteiger charge is 2.22. The lowest BCUT2D eigenvalue weighted by Crippen LogP contribution is -2.37. The van der Waals surface area contributed by atoms with E-state index in [1.807, 2.05) is 48.5 Å². The third-order valence-corrected chi connectivity index (χ3v) is 5.99. The van der Waals surface area contributed by atoms with Crippen molar-refractivity contribution in [2.75, 3.05) is 12.3 Å². The molecule has 0 atom stereocenters. The molecule has 0 fully saturated rings. The van der Waals surface area contributed by atoms with Gasteiger partial charge < -0.3 is 15.6 Å². The van der Waals surface area contributed by atoms with Gasteiger partial charge in [0.15, 0.2) is 9.84 Å². The number of benzene rings is 2. The highest BCUT2D eigenvalue weighted by molar-refractivity contribution is 7.91. The second-order valence-electron chi connectivity index (χ2n) is 6.04. The average molecular weight is 371 g/mol. The molecule has 3 aromatic rings. The molecule has 2 amide bonds. The Morgan fingerprint density at radius 1 is 1.00 bits per heavy atom. The van der Waals surface area contributed by atoms with Crippen molar-refractivity contribution in [2.45, 2.75) is 18.4 Å². The molecule has 0 spiro atoms. The van der Waals surface area contributed by atoms with Crippen LogP contribution in [-0.4, -0.2) is 31.7 Å². The molecule has 1 heterocycles. The van der Waals surface area contributed by atoms with Gasteiger partial charge in [0.1, 0.15) is 0 Å². The lowest BCUT2D eigenvalue weighted by molar-refractivity contribution is 0.241. The SMILES string of the molecule is Cc1[nH]c2ccccc2c1S(=O)(=O)CCNC(=O)NCc1ccccc1. The number of H-pyrrole nitrogens is 1. The first-order chi connectivity index (χ1) is 12.5. The number of amides is 2. The van der Waals surface area contributed by atoms with Crippen molar-refractivity contribution in [1.82, 2.24) is 15.6 Å². The van der Waals surface area contributed by atoms with E-state index in [1.165, 1.54) is 0 Å². The Bertz CT molecular complexity index is 1010. The standard InChI is InChI=1S/C19H21N3O3S/c1-14-18(16-9-5-6-10-17(16)22-14)26(24,25)12-11-20-19(23)21-13-15-7-3-2-4-8-15/h2-10,22H,11-13H2,1H3,(H2,20,21,23). The molecule has 136 valence electrons. The molecule has 0 saturated heterocycles. The molecule has 6 nitrogen and oxygen atoms in total. The van der Waals surface area contributed by atoms with E-state index >= 15 is 0 Å². The first-order valence-corrected chi connectivity index (χ1v) is 9.98. The van der Waals surface area contributed by atoms with Crippen LogP contribution in [0.15, 0.2) is 59.5 Å². The molecule has 0 aliphatic carbocycles. The fraction of sp³-hybridized carbons (Fsp3) is 0.211. The maximum atomic E-state index is 12.7. The minimum absolute atomic E-state index is 0.0436. The highest BCUT2D eigenvalue weighted by atomic mass is 32.2. The summed E-state index contributed by atoms with van der Waals surface area (Å²) in [5.41, 5.74) is 2.38. The number of rotatable bonds is 6. The minimum atomic E-state index is -3.51. The molecule has 0 aliphatic heterocycles. The van der Waals surface area contributed by atoms with Crippen molar-refractivity contribution in [3.8, 4) is 0 Å². The summed E-state index contributed by atoms with van der Waals surface area (Å²) in [6, 6.07) is 16.4. The minimum Gasteiger partial charge on any atom is -0.358 e. The Balaban J connectivity index is 1.58. The van der Waals surface area contributed by atoms with Crippen molar-refractivity contribution in [3.05, 3.63) is 65.9 Å². The Morgan fingerprint density at radius 2 is 1.69 bits per heavy atom. The smallest absolute Gasteiger partial charge is 0.315 e. The number of aryl methyl sites for hydroxylation is 1. The van der Waals surface area contributed by atoms with E-state index in [-0.39, 0.29) is 18.3 Å². The maximum absolute atomic E-state index is 12.7. The number of carbonyl (C=O) groups excluding carboxylic acids is 1. The molecule has 3 N–H and O–H groups in total. The third kappa shape index (κ3) is 4.05. The summed E-state index contributed by atoms with van der Waals surface area (Å²) in [6.07, 6.45) is 0. The number of hydrogen-bond acceptors (Lipinski definition) is 3. The van der Waals surface area contributed by atoms with Gasteiger partial charge in [-0.1, -0.05) is 48.5 Å². The zero-order valence-corrected chi connectivity index (χ0v) is 15.3. The zero-order chi connectivity index (χ0) is 18.6. The molecular formula is C19H21N3O3S. The molecule has 0 bridgehead atoms. The van der Waals surface area contributed by atoms with Gasteiger partial charge in [-0.05, 0) is 18.6 Å². The molecule has 0 aliphatic rings. The summed E-state index contributed by atoms with van der Waals surface area (Å²) in [5.74, 6) is -0.158. The van der Waals surface area contributed by atoms with Crippen LogP contribution in [0.5, 0.6) is 0 Å². The number of fused-ring (bicyclic) bond motifs is 1. The van der Waals surface area contributed by atoms with Gasteiger partial charge in [0, 0.05) is 29.7 Å². The van der Waals surface area contributed by atoms with Crippen LogP contribution < -0.4 is 10.6 Å². The fourth-order valence-corrected chi connectivity index (χ4v) is 4.50. The van der Waals surface area contributed by atoms with E-state index < -0.39 is 9.84 Å². The lowest BCUT2D eigenvalue weighted by atomic mass is 10.2. The van der Waals surface area contributed by atoms with Crippen molar-refractivity contribution in [1.29, 1.82) is 0 Å². The van der Waals surface area contributed by atoms with Gasteiger partial charge >= 0.3 is 6.03 Å². The monoisotopic (exact) mass is 371 g/mol. The predicted molar refractivity (Wildman–Crippen MR) is 102 cm³/mol. The van der Waals surface area contributed by atoms with E-state index in [0.29, 0.717) is 22.5 Å². The normalized spacial score (nSPS) is 11.4. The Labute approximate surface area is 152 Å². The van der Waals surface area contributed by atoms with Crippen molar-refractivity contribution in [3.63, 3.8) is 0 Å². The van der Waals surface area contributed by atoms with Crippen LogP contribution in [0.4, 0.5) is 4.79 Å². The van der Waals surface area contributed by atoms with Gasteiger partial charge in [-0.15, -0.1) is 0 Å². The van der Waals surface area contributed by atoms with Crippen LogP contribution in [-0.2, 0) is 16.4 Å². The number of carbonyl (C=O) groups is 1. The van der Waals surface area contributed by atoms with Crippen LogP contribution >= 0.6 is 0 Å². The van der Waals surface area contributed by atoms with E-state index in [2.05, 4.69) is 15.6 Å². The number of nitrogens with one attached hydrogen (secondary N) is 3. The quantitative estimate of drug-likeness (QED) is 0.622. The van der Waals surface area contributed by atoms with Gasteiger partial charge in [0.2, 0.25) is 0 Å². The number of sulfone groups is 1. The van der Waals surface area contributed by atoms with Crippen LogP contribution in [0.3, 0.4) is 0 Å². The van der Waals surface area contributed by atoms with Gasteiger partial charge in [0.25, 0.3) is 0 Å². The Hall–Kier alpha value is -2.80. The molecule has 0 unspecified atom stereocenters. The molecular weight excluding hydrogens is 350 g/mol. The predicted octanol–water partition coefficient (Wildman–Crippen LogP) is 2.75. The van der Waals surface area contributed by atoms with Crippen LogP contribution in [0.2, 0.25) is 0 Å². The first kappa shape index (κ1) is 18.0. The fourth-order valence-electron chi connectivity index (χ4n) is 2.89. The van der Waals surface area contributed by atoms with Gasteiger partial charge in [-0.25, -0.2) is 13.2 Å². The van der Waals surface area contributed by atoms with Crippen molar-refractivity contribution < 1.29 is 13.2 Å². The van der Waals surface area contributed by atoms with Crippen LogP contribution in [0.1, 0.15) is 11.3 Å². The first-order valence-electron chi connectivity index (χ1n) is 8.33. The number of urea groups is 1. The lowest BCUT2D eigenvalue weighted by Gasteiger charge is -2.09. The molecule has 0 saturated carbocycles. The number of para-hydroxylation sites is 1. The number of hydrogen-bond donors (Lipinski definition) is 3. The molecule has 2 aromatic carbocycles. The molecule has 26 heavy (non-hydrogen) atoms. The van der Waals surface area contributed by atoms with Gasteiger partial charge in [-0.2, -0.15) is 0 Å². The van der Waals surface area contributed by atoms with E-state index in [4.69, 9.17) is 0 Å². The van der Waals surface area contributed by atoms with Crippen molar-refractivity contribution >= 4 is 26.8 Å². The second kappa shape index (κ2) is 7.61. The topological polar surface area (TPSA) is 91.1 Å². The zero-order valence-electron chi connectivity index (χ0n) is 14.5. The van der Waals surface area contributed by atoms with Gasteiger partial charge in [0.05, 0.1) is 10.6 Å². The maximum Gasteiger partial charge on any atom is 0.315 e. The Kier molecular flexibility index (Phi) is 5.27. The molecule has 0 radical (unpaired) electrons. The van der Waals surface area contributed by atoms with Gasteiger partial charge in [-0.3, -0.25) is 0 Å².